The zero-order chi connectivity index (χ0) is 20.2. The Hall–Kier alpha value is -2.20. The molecule has 2 aromatic rings. The molecule has 0 amide bonds. The number of rotatable bonds is 12. The van der Waals surface area contributed by atoms with Gasteiger partial charge in [0.1, 0.15) is 5.75 Å². The van der Waals surface area contributed by atoms with Crippen molar-refractivity contribution in [3.63, 3.8) is 0 Å². The van der Waals surface area contributed by atoms with Crippen LogP contribution in [0.5, 0.6) is 5.75 Å². The smallest absolute Gasteiger partial charge is 0.119 e. The number of benzene rings is 2. The van der Waals surface area contributed by atoms with E-state index in [1.54, 1.807) is 0 Å². The van der Waals surface area contributed by atoms with Gasteiger partial charge >= 0.3 is 0 Å². The normalized spacial score (nSPS) is 13.2. The number of allylic oxidation sites excluding steroid dienone is 4. The average Bonchev–Trinajstić information content (AvgIpc) is 3.30. The molecular weight excluding hydrogens is 424 g/mol. The van der Waals surface area contributed by atoms with Crippen molar-refractivity contribution >= 4 is 32.9 Å². The van der Waals surface area contributed by atoms with E-state index in [0.717, 1.165) is 41.9 Å². The molecule has 0 heterocycles. The summed E-state index contributed by atoms with van der Waals surface area (Å²) in [6, 6.07) is 16.0. The van der Waals surface area contributed by atoms with Gasteiger partial charge < -0.3 is 4.74 Å². The molecule has 3 nitrogen and oxygen atoms in total. The van der Waals surface area contributed by atoms with Crippen molar-refractivity contribution < 1.29 is 4.74 Å². The predicted molar refractivity (Wildman–Crippen MR) is 126 cm³/mol. The molecule has 0 saturated carbocycles. The molecule has 0 spiro atoms. The number of alkyl halides is 1. The van der Waals surface area contributed by atoms with Crippen LogP contribution in [0, 0.1) is 0 Å². The van der Waals surface area contributed by atoms with Gasteiger partial charge in [0.05, 0.1) is 18.0 Å². The predicted octanol–water partition coefficient (Wildman–Crippen LogP) is 8.56. The van der Waals surface area contributed by atoms with Gasteiger partial charge in [0.25, 0.3) is 0 Å². The van der Waals surface area contributed by atoms with E-state index in [9.17, 15) is 0 Å². The van der Waals surface area contributed by atoms with E-state index >= 15 is 0 Å². The van der Waals surface area contributed by atoms with E-state index in [0.29, 0.717) is 0 Å². The largest absolute Gasteiger partial charge is 0.494 e. The zero-order valence-corrected chi connectivity index (χ0v) is 18.5. The molecule has 29 heavy (non-hydrogen) atoms. The second-order valence-electron chi connectivity index (χ2n) is 7.23. The lowest BCUT2D eigenvalue weighted by Crippen LogP contribution is -1.96. The van der Waals surface area contributed by atoms with Crippen molar-refractivity contribution in [1.29, 1.82) is 0 Å². The number of hydrogen-bond donors (Lipinski definition) is 0. The highest BCUT2D eigenvalue weighted by Crippen LogP contribution is 2.27. The van der Waals surface area contributed by atoms with Crippen LogP contribution >= 0.6 is 15.9 Å². The second kappa shape index (κ2) is 12.4. The molecule has 3 rings (SSSR count). The summed E-state index contributed by atoms with van der Waals surface area (Å²) >= 11 is 3.47. The molecule has 1 aliphatic carbocycles. The average molecular weight is 453 g/mol. The maximum Gasteiger partial charge on any atom is 0.119 e. The highest BCUT2D eigenvalue weighted by Gasteiger charge is 2.03. The number of nitrogens with zero attached hydrogens (tertiary/aromatic N) is 2. The van der Waals surface area contributed by atoms with Crippen molar-refractivity contribution in [1.82, 2.24) is 0 Å². The first-order chi connectivity index (χ1) is 14.3. The Morgan fingerprint density at radius 1 is 0.828 bits per heavy atom. The summed E-state index contributed by atoms with van der Waals surface area (Å²) in [5.41, 5.74) is 4.23. The minimum absolute atomic E-state index is 0.775. The molecule has 4 heteroatoms. The Morgan fingerprint density at radius 2 is 1.59 bits per heavy atom. The summed E-state index contributed by atoms with van der Waals surface area (Å²) in [6.45, 7) is 0.775. The molecule has 0 radical (unpaired) electrons. The summed E-state index contributed by atoms with van der Waals surface area (Å²) in [5, 5.41) is 9.87. The van der Waals surface area contributed by atoms with Crippen LogP contribution in [0.15, 0.2) is 77.0 Å². The Kier molecular flexibility index (Phi) is 9.18. The first-order valence-corrected chi connectivity index (χ1v) is 11.6. The number of azo groups is 1. The van der Waals surface area contributed by atoms with Crippen LogP contribution in [-0.4, -0.2) is 11.9 Å². The third kappa shape index (κ3) is 7.62. The van der Waals surface area contributed by atoms with Crippen LogP contribution in [0.25, 0.3) is 5.57 Å². The Bertz CT molecular complexity index is 840. The van der Waals surface area contributed by atoms with E-state index in [1.165, 1.54) is 43.2 Å². The zero-order valence-electron chi connectivity index (χ0n) is 16.9. The molecule has 0 N–H and O–H groups in total. The monoisotopic (exact) mass is 452 g/mol. The van der Waals surface area contributed by atoms with Crippen LogP contribution in [0.2, 0.25) is 0 Å². The minimum Gasteiger partial charge on any atom is -0.494 e. The van der Waals surface area contributed by atoms with Gasteiger partial charge in [-0.05, 0) is 66.8 Å². The Morgan fingerprint density at radius 3 is 2.34 bits per heavy atom. The highest BCUT2D eigenvalue weighted by atomic mass is 79.9. The molecular formula is C25H29BrN2O. The van der Waals surface area contributed by atoms with E-state index < -0.39 is 0 Å². The molecule has 0 bridgehead atoms. The highest BCUT2D eigenvalue weighted by molar-refractivity contribution is 9.09. The van der Waals surface area contributed by atoms with Crippen LogP contribution < -0.4 is 4.74 Å². The van der Waals surface area contributed by atoms with Crippen molar-refractivity contribution in [2.24, 2.45) is 10.2 Å². The van der Waals surface area contributed by atoms with Gasteiger partial charge in [-0.15, -0.1) is 0 Å². The van der Waals surface area contributed by atoms with Gasteiger partial charge in [0.15, 0.2) is 0 Å². The molecule has 0 fully saturated rings. The van der Waals surface area contributed by atoms with Crippen LogP contribution in [-0.2, 0) is 0 Å². The van der Waals surface area contributed by atoms with Gasteiger partial charge in [-0.1, -0.05) is 72.0 Å². The molecule has 0 saturated heterocycles. The van der Waals surface area contributed by atoms with Crippen molar-refractivity contribution in [2.75, 3.05) is 11.9 Å². The molecule has 0 unspecified atom stereocenters. The van der Waals surface area contributed by atoms with Crippen molar-refractivity contribution in [3.8, 4) is 5.75 Å². The number of unbranched alkanes of at least 4 members (excludes halogenated alkanes) is 5. The van der Waals surface area contributed by atoms with Gasteiger partial charge in [0, 0.05) is 5.33 Å². The van der Waals surface area contributed by atoms with Gasteiger partial charge in [-0.2, -0.15) is 10.2 Å². The van der Waals surface area contributed by atoms with Crippen LogP contribution in [0.1, 0.15) is 50.5 Å². The molecule has 152 valence electrons. The van der Waals surface area contributed by atoms with E-state index in [-0.39, 0.29) is 0 Å². The number of halogens is 1. The van der Waals surface area contributed by atoms with Gasteiger partial charge in [-0.3, -0.25) is 0 Å². The van der Waals surface area contributed by atoms with Gasteiger partial charge in [0.2, 0.25) is 0 Å². The quantitative estimate of drug-likeness (QED) is 0.180. The van der Waals surface area contributed by atoms with Crippen LogP contribution in [0.3, 0.4) is 0 Å². The van der Waals surface area contributed by atoms with E-state index in [1.807, 2.05) is 36.4 Å². The first-order valence-electron chi connectivity index (χ1n) is 10.5. The van der Waals surface area contributed by atoms with E-state index in [4.69, 9.17) is 4.74 Å². The molecule has 0 aliphatic heterocycles. The maximum absolute atomic E-state index is 5.83. The third-order valence-corrected chi connectivity index (χ3v) is 5.46. The molecule has 1 aliphatic rings. The summed E-state index contributed by atoms with van der Waals surface area (Å²) < 4.78 is 5.83. The first kappa shape index (κ1) is 21.5. The molecule has 0 atom stereocenters. The maximum atomic E-state index is 5.83. The summed E-state index contributed by atoms with van der Waals surface area (Å²) in [5.74, 6) is 0.894. The minimum atomic E-state index is 0.775. The molecule has 0 aromatic heterocycles. The Labute approximate surface area is 182 Å². The Balaban J connectivity index is 1.42. The second-order valence-corrected chi connectivity index (χ2v) is 8.02. The number of hydrogen-bond acceptors (Lipinski definition) is 3. The van der Waals surface area contributed by atoms with E-state index in [2.05, 4.69) is 56.5 Å². The standard InChI is InChI=1S/C25H29BrN2O/c26-18-7-3-1-2-4-8-19-29-25-16-14-23(15-17-25)27-28-24-13-9-12-22(20-24)21-10-5-6-11-21/h5-6,9-10,12-17,20H,1-4,7-8,11,18-19H2. The van der Waals surface area contributed by atoms with Crippen molar-refractivity contribution in [3.05, 3.63) is 72.3 Å². The third-order valence-electron chi connectivity index (χ3n) is 4.90. The van der Waals surface area contributed by atoms with Crippen molar-refractivity contribution in [2.45, 2.75) is 44.9 Å². The lowest BCUT2D eigenvalue weighted by Gasteiger charge is -2.06. The lowest BCUT2D eigenvalue weighted by molar-refractivity contribution is 0.304. The van der Waals surface area contributed by atoms with Gasteiger partial charge in [-0.25, -0.2) is 0 Å². The fourth-order valence-corrected chi connectivity index (χ4v) is 3.64. The summed E-state index contributed by atoms with van der Waals surface area (Å²) in [6.07, 6.45) is 15.0. The lowest BCUT2D eigenvalue weighted by atomic mass is 10.1. The summed E-state index contributed by atoms with van der Waals surface area (Å²) in [7, 11) is 0. The topological polar surface area (TPSA) is 34.0 Å². The summed E-state index contributed by atoms with van der Waals surface area (Å²) in [4.78, 5) is 0. The fraction of sp³-hybridized carbons (Fsp3) is 0.360. The fourth-order valence-electron chi connectivity index (χ4n) is 3.25. The number of ether oxygens (including phenoxy) is 1. The molecule has 2 aromatic carbocycles. The van der Waals surface area contributed by atoms with Crippen LogP contribution in [0.4, 0.5) is 11.4 Å². The SMILES string of the molecule is BrCCCCCCCCOc1ccc(N=Nc2cccc(C3=CC=CC3)c2)cc1.